The van der Waals surface area contributed by atoms with Gasteiger partial charge in [0.2, 0.25) is 0 Å². The van der Waals surface area contributed by atoms with E-state index >= 15 is 0 Å². The first-order valence-corrected chi connectivity index (χ1v) is 9.33. The van der Waals surface area contributed by atoms with Crippen LogP contribution in [0.4, 0.5) is 0 Å². The minimum absolute atomic E-state index is 0.0443. The highest BCUT2D eigenvalue weighted by Gasteiger charge is 2.24. The van der Waals surface area contributed by atoms with Crippen LogP contribution in [0.5, 0.6) is 0 Å². The molecule has 1 unspecified atom stereocenters. The van der Waals surface area contributed by atoms with Crippen molar-refractivity contribution in [2.45, 2.75) is 18.6 Å². The van der Waals surface area contributed by atoms with E-state index in [4.69, 9.17) is 11.6 Å². The van der Waals surface area contributed by atoms with Gasteiger partial charge in [-0.25, -0.2) is 0 Å². The SMILES string of the molecule is Cc1ccccc1C1CCN(C(=O)c2c[nH]c(=O)c(Cl)c2)CCS1. The Morgan fingerprint density at radius 1 is 1.33 bits per heavy atom. The number of carbonyl (C=O) groups excluding carboxylic acids is 1. The highest BCUT2D eigenvalue weighted by molar-refractivity contribution is 7.99. The van der Waals surface area contributed by atoms with Crippen LogP contribution in [-0.4, -0.2) is 34.6 Å². The molecule has 0 radical (unpaired) electrons. The molecule has 0 saturated carbocycles. The van der Waals surface area contributed by atoms with Gasteiger partial charge in [0.1, 0.15) is 5.02 Å². The van der Waals surface area contributed by atoms with Gasteiger partial charge in [-0.3, -0.25) is 9.59 Å². The van der Waals surface area contributed by atoms with E-state index in [9.17, 15) is 9.59 Å². The van der Waals surface area contributed by atoms with Gasteiger partial charge in [0, 0.05) is 30.3 Å². The van der Waals surface area contributed by atoms with Gasteiger partial charge in [0.25, 0.3) is 11.5 Å². The molecule has 1 aromatic heterocycles. The number of rotatable bonds is 2. The number of nitrogens with one attached hydrogen (secondary N) is 1. The maximum atomic E-state index is 12.7. The van der Waals surface area contributed by atoms with E-state index in [1.54, 1.807) is 0 Å². The zero-order valence-electron chi connectivity index (χ0n) is 13.4. The fraction of sp³-hybridized carbons (Fsp3) is 0.333. The predicted octanol–water partition coefficient (Wildman–Crippen LogP) is 3.66. The second-order valence-corrected chi connectivity index (χ2v) is 7.58. The molecule has 1 aromatic carbocycles. The number of amides is 1. The quantitative estimate of drug-likeness (QED) is 0.887. The molecule has 6 heteroatoms. The standard InChI is InChI=1S/C18H19ClN2O2S/c1-12-4-2-3-5-14(12)16-6-7-21(8-9-24-16)18(23)13-10-15(19)17(22)20-11-13/h2-5,10-11,16H,6-9H2,1H3,(H,20,22). The van der Waals surface area contributed by atoms with Crippen molar-refractivity contribution < 1.29 is 4.79 Å². The number of nitrogens with zero attached hydrogens (tertiary/aromatic N) is 1. The van der Waals surface area contributed by atoms with Crippen LogP contribution < -0.4 is 5.56 Å². The minimum atomic E-state index is -0.376. The topological polar surface area (TPSA) is 53.2 Å². The molecule has 1 fully saturated rings. The minimum Gasteiger partial charge on any atom is -0.338 e. The summed E-state index contributed by atoms with van der Waals surface area (Å²) < 4.78 is 0. The fourth-order valence-electron chi connectivity index (χ4n) is 2.93. The molecule has 4 nitrogen and oxygen atoms in total. The van der Waals surface area contributed by atoms with E-state index in [1.165, 1.54) is 23.4 Å². The highest BCUT2D eigenvalue weighted by Crippen LogP contribution is 2.36. The largest absolute Gasteiger partial charge is 0.338 e. The van der Waals surface area contributed by atoms with E-state index in [2.05, 4.69) is 36.2 Å². The number of thioether (sulfide) groups is 1. The zero-order valence-corrected chi connectivity index (χ0v) is 15.0. The number of pyridine rings is 1. The first-order chi connectivity index (χ1) is 11.6. The van der Waals surface area contributed by atoms with Crippen molar-refractivity contribution in [1.82, 2.24) is 9.88 Å². The molecule has 1 aliphatic heterocycles. The molecule has 126 valence electrons. The molecule has 2 heterocycles. The Morgan fingerprint density at radius 3 is 2.88 bits per heavy atom. The maximum absolute atomic E-state index is 12.7. The van der Waals surface area contributed by atoms with Gasteiger partial charge in [-0.15, -0.1) is 0 Å². The van der Waals surface area contributed by atoms with Crippen molar-refractivity contribution in [3.63, 3.8) is 0 Å². The number of halogens is 1. The summed E-state index contributed by atoms with van der Waals surface area (Å²) in [5.41, 5.74) is 2.70. The van der Waals surface area contributed by atoms with Gasteiger partial charge >= 0.3 is 0 Å². The van der Waals surface area contributed by atoms with Gasteiger partial charge in [0.15, 0.2) is 0 Å². The summed E-state index contributed by atoms with van der Waals surface area (Å²) in [5, 5.41) is 0.450. The van der Waals surface area contributed by atoms with Crippen LogP contribution in [-0.2, 0) is 0 Å². The van der Waals surface area contributed by atoms with Crippen LogP contribution in [0.3, 0.4) is 0 Å². The normalized spacial score (nSPS) is 18.2. The molecule has 0 spiro atoms. The van der Waals surface area contributed by atoms with E-state index in [-0.39, 0.29) is 16.5 Å². The Labute approximate surface area is 150 Å². The first kappa shape index (κ1) is 17.1. The lowest BCUT2D eigenvalue weighted by atomic mass is 10.0. The third-order valence-corrected chi connectivity index (χ3v) is 5.86. The second-order valence-electron chi connectivity index (χ2n) is 5.86. The van der Waals surface area contributed by atoms with Gasteiger partial charge in [0.05, 0.1) is 5.56 Å². The molecular weight excluding hydrogens is 344 g/mol. The van der Waals surface area contributed by atoms with Crippen molar-refractivity contribution >= 4 is 29.3 Å². The van der Waals surface area contributed by atoms with E-state index in [0.717, 1.165) is 12.2 Å². The van der Waals surface area contributed by atoms with Gasteiger partial charge in [-0.1, -0.05) is 35.9 Å². The number of carbonyl (C=O) groups is 1. The summed E-state index contributed by atoms with van der Waals surface area (Å²) in [7, 11) is 0. The molecular formula is C18H19ClN2O2S. The van der Waals surface area contributed by atoms with Crippen LogP contribution in [0.25, 0.3) is 0 Å². The maximum Gasteiger partial charge on any atom is 0.266 e. The predicted molar refractivity (Wildman–Crippen MR) is 99.0 cm³/mol. The number of hydrogen-bond acceptors (Lipinski definition) is 3. The van der Waals surface area contributed by atoms with Gasteiger partial charge in [-0.05, 0) is 30.5 Å². The van der Waals surface area contributed by atoms with Crippen molar-refractivity contribution in [2.24, 2.45) is 0 Å². The molecule has 0 bridgehead atoms. The molecule has 1 aliphatic rings. The summed E-state index contributed by atoms with van der Waals surface area (Å²) in [6.07, 6.45) is 2.35. The smallest absolute Gasteiger partial charge is 0.266 e. The van der Waals surface area contributed by atoms with E-state index < -0.39 is 0 Å². The average molecular weight is 363 g/mol. The molecule has 2 aromatic rings. The van der Waals surface area contributed by atoms with Crippen LogP contribution in [0.2, 0.25) is 5.02 Å². The fourth-order valence-corrected chi connectivity index (χ4v) is 4.43. The second kappa shape index (κ2) is 7.45. The number of hydrogen-bond donors (Lipinski definition) is 1. The monoisotopic (exact) mass is 362 g/mol. The molecule has 1 saturated heterocycles. The molecule has 1 N–H and O–H groups in total. The summed E-state index contributed by atoms with van der Waals surface area (Å²) in [6, 6.07) is 9.87. The lowest BCUT2D eigenvalue weighted by Crippen LogP contribution is -2.33. The zero-order chi connectivity index (χ0) is 17.1. The summed E-state index contributed by atoms with van der Waals surface area (Å²) in [4.78, 5) is 28.4. The Kier molecular flexibility index (Phi) is 5.31. The van der Waals surface area contributed by atoms with Crippen LogP contribution in [0, 0.1) is 6.92 Å². The van der Waals surface area contributed by atoms with Crippen molar-refractivity contribution in [3.8, 4) is 0 Å². The number of benzene rings is 1. The van der Waals surface area contributed by atoms with E-state index in [0.29, 0.717) is 23.9 Å². The lowest BCUT2D eigenvalue weighted by Gasteiger charge is -2.20. The van der Waals surface area contributed by atoms with Crippen molar-refractivity contribution in [3.05, 3.63) is 68.6 Å². The third-order valence-electron chi connectivity index (χ3n) is 4.27. The van der Waals surface area contributed by atoms with Gasteiger partial charge < -0.3 is 9.88 Å². The lowest BCUT2D eigenvalue weighted by molar-refractivity contribution is 0.0766. The number of aromatic amines is 1. The van der Waals surface area contributed by atoms with Crippen LogP contribution in [0.1, 0.15) is 33.2 Å². The van der Waals surface area contributed by atoms with Crippen molar-refractivity contribution in [1.29, 1.82) is 0 Å². The van der Waals surface area contributed by atoms with Crippen molar-refractivity contribution in [2.75, 3.05) is 18.8 Å². The number of aryl methyl sites for hydroxylation is 1. The molecule has 1 amide bonds. The summed E-state index contributed by atoms with van der Waals surface area (Å²) >= 11 is 7.73. The highest BCUT2D eigenvalue weighted by atomic mass is 35.5. The number of H-pyrrole nitrogens is 1. The molecule has 1 atom stereocenters. The summed E-state index contributed by atoms with van der Waals surface area (Å²) in [6.45, 7) is 3.52. The van der Waals surface area contributed by atoms with E-state index in [1.807, 2.05) is 16.7 Å². The Hall–Kier alpha value is -1.72. The molecule has 0 aliphatic carbocycles. The van der Waals surface area contributed by atoms with Crippen LogP contribution >= 0.6 is 23.4 Å². The Balaban J connectivity index is 1.73. The Bertz CT molecular complexity index is 806. The first-order valence-electron chi connectivity index (χ1n) is 7.91. The third kappa shape index (κ3) is 3.68. The summed E-state index contributed by atoms with van der Waals surface area (Å²) in [5.74, 6) is 0.807. The van der Waals surface area contributed by atoms with Gasteiger partial charge in [-0.2, -0.15) is 11.8 Å². The molecule has 3 rings (SSSR count). The average Bonchev–Trinajstić information content (AvgIpc) is 2.83. The molecule has 24 heavy (non-hydrogen) atoms. The van der Waals surface area contributed by atoms with Crippen LogP contribution in [0.15, 0.2) is 41.3 Å². The number of aromatic nitrogens is 1. The Morgan fingerprint density at radius 2 is 2.12 bits per heavy atom.